The maximum absolute atomic E-state index is 4.66. The number of nitrogens with one attached hydrogen (secondary N) is 1. The van der Waals surface area contributed by atoms with E-state index >= 15 is 0 Å². The Morgan fingerprint density at radius 3 is 2.39 bits per heavy atom. The fraction of sp³-hybridized carbons (Fsp3) is 0.429. The van der Waals surface area contributed by atoms with Crippen LogP contribution in [0.5, 0.6) is 0 Å². The lowest BCUT2D eigenvalue weighted by Gasteiger charge is -2.12. The highest BCUT2D eigenvalue weighted by atomic mass is 15.1. The fourth-order valence-electron chi connectivity index (χ4n) is 2.39. The third-order valence-electron chi connectivity index (χ3n) is 3.45. The van der Waals surface area contributed by atoms with Gasteiger partial charge in [-0.1, -0.05) is 0 Å². The number of aromatic nitrogens is 2. The fourth-order valence-corrected chi connectivity index (χ4v) is 2.39. The zero-order valence-corrected chi connectivity index (χ0v) is 10.9. The van der Waals surface area contributed by atoms with E-state index in [2.05, 4.69) is 27.4 Å². The molecule has 0 fully saturated rings. The van der Waals surface area contributed by atoms with E-state index in [9.17, 15) is 0 Å². The van der Waals surface area contributed by atoms with Crippen molar-refractivity contribution in [3.05, 3.63) is 29.5 Å². The summed E-state index contributed by atoms with van der Waals surface area (Å²) < 4.78 is 0. The molecule has 0 spiro atoms. The van der Waals surface area contributed by atoms with E-state index < -0.39 is 0 Å². The maximum Gasteiger partial charge on any atom is 0.147 e. The predicted molar refractivity (Wildman–Crippen MR) is 74.1 cm³/mol. The molecule has 2 heterocycles. The van der Waals surface area contributed by atoms with Crippen LogP contribution in [0.4, 0.5) is 5.82 Å². The van der Waals surface area contributed by atoms with Crippen LogP contribution in [0.25, 0.3) is 11.0 Å². The Labute approximate surface area is 107 Å². The van der Waals surface area contributed by atoms with E-state index in [-0.39, 0.29) is 0 Å². The molecular weight excluding hydrogens is 224 g/mol. The van der Waals surface area contributed by atoms with Gasteiger partial charge in [-0.05, 0) is 49.2 Å². The van der Waals surface area contributed by atoms with Gasteiger partial charge < -0.3 is 10.2 Å². The second kappa shape index (κ2) is 4.53. The Kier molecular flexibility index (Phi) is 2.88. The molecule has 0 saturated carbocycles. The molecule has 0 aliphatic carbocycles. The summed E-state index contributed by atoms with van der Waals surface area (Å²) in [4.78, 5) is 11.2. The lowest BCUT2D eigenvalue weighted by Crippen LogP contribution is -2.16. The molecule has 0 bridgehead atoms. The van der Waals surface area contributed by atoms with Crippen molar-refractivity contribution in [1.29, 1.82) is 0 Å². The van der Waals surface area contributed by atoms with Crippen LogP contribution >= 0.6 is 0 Å². The molecule has 0 amide bonds. The Bertz CT molecular complexity index is 577. The summed E-state index contributed by atoms with van der Waals surface area (Å²) >= 11 is 0. The van der Waals surface area contributed by atoms with Crippen LogP contribution in [0.1, 0.15) is 11.1 Å². The molecule has 1 aromatic heterocycles. The van der Waals surface area contributed by atoms with E-state index in [1.165, 1.54) is 11.1 Å². The van der Waals surface area contributed by atoms with Gasteiger partial charge in [-0.15, -0.1) is 0 Å². The standard InChI is InChI=1S/C14H18N4/c1-18(2)14-9-16-12-7-10-3-5-15-6-4-11(10)8-13(12)17-14/h7-9,15H,3-6H2,1-2H3. The molecule has 0 saturated heterocycles. The lowest BCUT2D eigenvalue weighted by molar-refractivity contribution is 0.711. The molecule has 0 atom stereocenters. The zero-order chi connectivity index (χ0) is 12.5. The third-order valence-corrected chi connectivity index (χ3v) is 3.45. The van der Waals surface area contributed by atoms with Gasteiger partial charge in [-0.2, -0.15) is 0 Å². The van der Waals surface area contributed by atoms with Gasteiger partial charge in [0, 0.05) is 14.1 Å². The summed E-state index contributed by atoms with van der Waals surface area (Å²) in [6.45, 7) is 2.11. The van der Waals surface area contributed by atoms with Crippen molar-refractivity contribution < 1.29 is 0 Å². The average molecular weight is 242 g/mol. The first-order chi connectivity index (χ1) is 8.74. The molecule has 0 unspecified atom stereocenters. The number of fused-ring (bicyclic) bond motifs is 2. The van der Waals surface area contributed by atoms with Crippen LogP contribution < -0.4 is 10.2 Å². The third kappa shape index (κ3) is 2.04. The molecule has 1 N–H and O–H groups in total. The average Bonchev–Trinajstić information content (AvgIpc) is 2.59. The molecule has 94 valence electrons. The quantitative estimate of drug-likeness (QED) is 0.820. The number of benzene rings is 1. The van der Waals surface area contributed by atoms with Gasteiger partial charge in [0.05, 0.1) is 17.2 Å². The summed E-state index contributed by atoms with van der Waals surface area (Å²) in [6, 6.07) is 4.40. The highest BCUT2D eigenvalue weighted by Crippen LogP contribution is 2.21. The van der Waals surface area contributed by atoms with Gasteiger partial charge in [0.1, 0.15) is 5.82 Å². The molecule has 1 aliphatic rings. The van der Waals surface area contributed by atoms with Gasteiger partial charge in [-0.25, -0.2) is 4.98 Å². The highest BCUT2D eigenvalue weighted by molar-refractivity contribution is 5.77. The Morgan fingerprint density at radius 1 is 1.06 bits per heavy atom. The van der Waals surface area contributed by atoms with Crippen molar-refractivity contribution in [3.8, 4) is 0 Å². The molecule has 4 heteroatoms. The van der Waals surface area contributed by atoms with Crippen LogP contribution in [0.2, 0.25) is 0 Å². The minimum atomic E-state index is 0.911. The minimum absolute atomic E-state index is 0.911. The van der Waals surface area contributed by atoms with E-state index in [4.69, 9.17) is 0 Å². The smallest absolute Gasteiger partial charge is 0.147 e. The first-order valence-electron chi connectivity index (χ1n) is 6.40. The normalized spacial score (nSPS) is 15.2. The molecule has 4 nitrogen and oxygen atoms in total. The van der Waals surface area contributed by atoms with Crippen molar-refractivity contribution in [2.24, 2.45) is 0 Å². The van der Waals surface area contributed by atoms with E-state index in [1.54, 1.807) is 0 Å². The van der Waals surface area contributed by atoms with Gasteiger partial charge in [0.25, 0.3) is 0 Å². The summed E-state index contributed by atoms with van der Waals surface area (Å²) in [6.07, 6.45) is 4.01. The van der Waals surface area contributed by atoms with E-state index in [0.717, 1.165) is 42.8 Å². The maximum atomic E-state index is 4.66. The number of anilines is 1. The summed E-state index contributed by atoms with van der Waals surface area (Å²) in [5, 5.41) is 3.43. The van der Waals surface area contributed by atoms with Gasteiger partial charge in [0.15, 0.2) is 0 Å². The minimum Gasteiger partial charge on any atom is -0.361 e. The van der Waals surface area contributed by atoms with E-state index in [1.807, 2.05) is 25.2 Å². The number of hydrogen-bond donors (Lipinski definition) is 1. The Hall–Kier alpha value is -1.68. The largest absolute Gasteiger partial charge is 0.361 e. The van der Waals surface area contributed by atoms with Crippen LogP contribution in [0.3, 0.4) is 0 Å². The molecule has 0 radical (unpaired) electrons. The van der Waals surface area contributed by atoms with Gasteiger partial charge in [0.2, 0.25) is 0 Å². The van der Waals surface area contributed by atoms with Crippen molar-refractivity contribution in [2.45, 2.75) is 12.8 Å². The predicted octanol–water partition coefficient (Wildman–Crippen LogP) is 1.38. The topological polar surface area (TPSA) is 41.1 Å². The molecule has 2 aromatic rings. The molecule has 18 heavy (non-hydrogen) atoms. The first-order valence-corrected chi connectivity index (χ1v) is 6.40. The first kappa shape index (κ1) is 11.4. The SMILES string of the molecule is CN(C)c1cnc2cc3c(cc2n1)CCNCC3. The van der Waals surface area contributed by atoms with Crippen molar-refractivity contribution >= 4 is 16.9 Å². The Balaban J connectivity index is 2.13. The monoisotopic (exact) mass is 242 g/mol. The second-order valence-corrected chi connectivity index (χ2v) is 4.98. The summed E-state index contributed by atoms with van der Waals surface area (Å²) in [5.41, 5.74) is 4.83. The van der Waals surface area contributed by atoms with Crippen LogP contribution in [0, 0.1) is 0 Å². The number of rotatable bonds is 1. The van der Waals surface area contributed by atoms with Crippen molar-refractivity contribution in [1.82, 2.24) is 15.3 Å². The van der Waals surface area contributed by atoms with Crippen LogP contribution in [-0.2, 0) is 12.8 Å². The van der Waals surface area contributed by atoms with Crippen LogP contribution in [0.15, 0.2) is 18.3 Å². The zero-order valence-electron chi connectivity index (χ0n) is 10.9. The van der Waals surface area contributed by atoms with Crippen LogP contribution in [-0.4, -0.2) is 37.2 Å². The number of hydrogen-bond acceptors (Lipinski definition) is 4. The lowest BCUT2D eigenvalue weighted by atomic mass is 10.0. The molecular formula is C14H18N4. The Morgan fingerprint density at radius 2 is 1.72 bits per heavy atom. The number of nitrogens with zero attached hydrogens (tertiary/aromatic N) is 3. The van der Waals surface area contributed by atoms with E-state index in [0.29, 0.717) is 0 Å². The summed E-state index contributed by atoms with van der Waals surface area (Å²) in [7, 11) is 3.98. The molecule has 1 aliphatic heterocycles. The van der Waals surface area contributed by atoms with Crippen molar-refractivity contribution in [2.75, 3.05) is 32.1 Å². The summed E-state index contributed by atoms with van der Waals surface area (Å²) in [5.74, 6) is 0.911. The molecule has 3 rings (SSSR count). The van der Waals surface area contributed by atoms with Gasteiger partial charge in [-0.3, -0.25) is 4.98 Å². The van der Waals surface area contributed by atoms with Crippen molar-refractivity contribution in [3.63, 3.8) is 0 Å². The highest BCUT2D eigenvalue weighted by Gasteiger charge is 2.10. The van der Waals surface area contributed by atoms with Gasteiger partial charge >= 0.3 is 0 Å². The second-order valence-electron chi connectivity index (χ2n) is 4.98. The molecule has 1 aromatic carbocycles.